The number of para-hydroxylation sites is 1. The van der Waals surface area contributed by atoms with Crippen molar-refractivity contribution in [2.75, 3.05) is 7.11 Å². The van der Waals surface area contributed by atoms with Gasteiger partial charge in [-0.25, -0.2) is 14.5 Å². The highest BCUT2D eigenvalue weighted by Crippen LogP contribution is 2.29. The third kappa shape index (κ3) is 3.78. The zero-order chi connectivity index (χ0) is 19.7. The molecule has 0 aliphatic carbocycles. The molecule has 0 amide bonds. The Hall–Kier alpha value is -2.35. The van der Waals surface area contributed by atoms with Gasteiger partial charge in [-0.05, 0) is 36.2 Å². The number of ether oxygens (including phenoxy) is 1. The van der Waals surface area contributed by atoms with Gasteiger partial charge in [-0.3, -0.25) is 4.79 Å². The maximum atomic E-state index is 12.3. The molecule has 0 unspecified atom stereocenters. The monoisotopic (exact) mass is 432 g/mol. The molecule has 0 fully saturated rings. The summed E-state index contributed by atoms with van der Waals surface area (Å²) in [6, 6.07) is 12.9. The van der Waals surface area contributed by atoms with E-state index in [4.69, 9.17) is 27.9 Å². The highest BCUT2D eigenvalue weighted by atomic mass is 35.5. The highest BCUT2D eigenvalue weighted by molar-refractivity contribution is 8.00. The SMILES string of the molecule is COC(=O)[C@@H](Cc1ccc(Cl)cc1Cl)Sc1nc2c3ccccc3ncn2n1. The molecule has 0 aliphatic heterocycles. The van der Waals surface area contributed by atoms with Crippen LogP contribution in [0.15, 0.2) is 53.9 Å². The van der Waals surface area contributed by atoms with Crippen molar-refractivity contribution in [3.63, 3.8) is 0 Å². The highest BCUT2D eigenvalue weighted by Gasteiger charge is 2.25. The molecule has 6 nitrogen and oxygen atoms in total. The smallest absolute Gasteiger partial charge is 0.319 e. The minimum Gasteiger partial charge on any atom is -0.468 e. The van der Waals surface area contributed by atoms with Crippen LogP contribution in [0.4, 0.5) is 0 Å². The van der Waals surface area contributed by atoms with Crippen molar-refractivity contribution in [3.05, 3.63) is 64.4 Å². The summed E-state index contributed by atoms with van der Waals surface area (Å²) in [6.45, 7) is 0. The van der Waals surface area contributed by atoms with Crippen LogP contribution in [0.2, 0.25) is 10.0 Å². The molecule has 0 radical (unpaired) electrons. The van der Waals surface area contributed by atoms with Crippen molar-refractivity contribution < 1.29 is 9.53 Å². The first kappa shape index (κ1) is 19.0. The van der Waals surface area contributed by atoms with E-state index in [0.29, 0.717) is 27.3 Å². The second-order valence-electron chi connectivity index (χ2n) is 5.99. The molecule has 2 aromatic heterocycles. The molecule has 0 N–H and O–H groups in total. The fourth-order valence-electron chi connectivity index (χ4n) is 2.83. The number of benzene rings is 2. The minimum atomic E-state index is -0.555. The van der Waals surface area contributed by atoms with Crippen molar-refractivity contribution in [2.24, 2.45) is 0 Å². The van der Waals surface area contributed by atoms with E-state index in [1.165, 1.54) is 18.9 Å². The van der Waals surface area contributed by atoms with E-state index < -0.39 is 5.25 Å². The van der Waals surface area contributed by atoms with Gasteiger partial charge in [0.15, 0.2) is 5.65 Å². The lowest BCUT2D eigenvalue weighted by Gasteiger charge is -2.13. The van der Waals surface area contributed by atoms with E-state index in [-0.39, 0.29) is 5.97 Å². The van der Waals surface area contributed by atoms with E-state index in [1.54, 1.807) is 29.0 Å². The Morgan fingerprint density at radius 2 is 2.07 bits per heavy atom. The minimum absolute atomic E-state index is 0.363. The zero-order valence-electron chi connectivity index (χ0n) is 14.7. The van der Waals surface area contributed by atoms with Crippen LogP contribution in [0.1, 0.15) is 5.56 Å². The van der Waals surface area contributed by atoms with Crippen LogP contribution in [-0.4, -0.2) is 37.9 Å². The fraction of sp³-hybridized carbons (Fsp3) is 0.158. The van der Waals surface area contributed by atoms with Gasteiger partial charge in [-0.2, -0.15) is 0 Å². The summed E-state index contributed by atoms with van der Waals surface area (Å²) >= 11 is 13.4. The average molecular weight is 433 g/mol. The molecule has 9 heteroatoms. The summed E-state index contributed by atoms with van der Waals surface area (Å²) in [7, 11) is 1.36. The van der Waals surface area contributed by atoms with Crippen LogP contribution in [0, 0.1) is 0 Å². The Kier molecular flexibility index (Phi) is 5.39. The molecule has 142 valence electrons. The first-order valence-electron chi connectivity index (χ1n) is 8.33. The van der Waals surface area contributed by atoms with Gasteiger partial charge >= 0.3 is 5.97 Å². The molecule has 0 saturated carbocycles. The van der Waals surface area contributed by atoms with Crippen molar-refractivity contribution in [1.82, 2.24) is 19.6 Å². The third-order valence-electron chi connectivity index (χ3n) is 4.20. The standard InChI is InChI=1S/C19H14Cl2N4O2S/c1-27-18(26)16(8-11-6-7-12(20)9-14(11)21)28-19-23-17-13-4-2-3-5-15(13)22-10-25(17)24-19/h2-7,9-10,16H,8H2,1H3/t16-/m1/s1. The third-order valence-corrected chi connectivity index (χ3v) is 5.81. The molecule has 0 saturated heterocycles. The number of thioether (sulfide) groups is 1. The molecule has 2 aromatic carbocycles. The quantitative estimate of drug-likeness (QED) is 0.342. The number of hydrogen-bond donors (Lipinski definition) is 0. The van der Waals surface area contributed by atoms with Crippen molar-refractivity contribution in [2.45, 2.75) is 16.8 Å². The molecule has 4 rings (SSSR count). The number of carbonyl (C=O) groups excluding carboxylic acids is 1. The number of hydrogen-bond acceptors (Lipinski definition) is 6. The lowest BCUT2D eigenvalue weighted by atomic mass is 10.1. The predicted octanol–water partition coefficient (Wildman–Crippen LogP) is 4.46. The summed E-state index contributed by atoms with van der Waals surface area (Å²) in [5, 5.41) is 6.27. The fourth-order valence-corrected chi connectivity index (χ4v) is 4.30. The van der Waals surface area contributed by atoms with Gasteiger partial charge in [0.05, 0.1) is 12.6 Å². The van der Waals surface area contributed by atoms with Gasteiger partial charge in [0.1, 0.15) is 11.6 Å². The topological polar surface area (TPSA) is 69.4 Å². The summed E-state index contributed by atoms with van der Waals surface area (Å²) in [5.74, 6) is -0.377. The molecule has 0 spiro atoms. The Balaban J connectivity index is 1.66. The summed E-state index contributed by atoms with van der Waals surface area (Å²) in [6.07, 6.45) is 1.97. The summed E-state index contributed by atoms with van der Waals surface area (Å²) < 4.78 is 6.57. The Labute approximate surface area is 174 Å². The van der Waals surface area contributed by atoms with Gasteiger partial charge in [0, 0.05) is 15.4 Å². The second kappa shape index (κ2) is 7.95. The van der Waals surface area contributed by atoms with Gasteiger partial charge in [-0.15, -0.1) is 5.10 Å². The lowest BCUT2D eigenvalue weighted by molar-refractivity contribution is -0.139. The molecular formula is C19H14Cl2N4O2S. The van der Waals surface area contributed by atoms with Crippen molar-refractivity contribution in [1.29, 1.82) is 0 Å². The second-order valence-corrected chi connectivity index (χ2v) is 8.01. The first-order chi connectivity index (χ1) is 13.5. The van der Waals surface area contributed by atoms with E-state index in [2.05, 4.69) is 15.1 Å². The number of carbonyl (C=O) groups is 1. The number of methoxy groups -OCH3 is 1. The molecule has 2 heterocycles. The van der Waals surface area contributed by atoms with Gasteiger partial charge in [-0.1, -0.05) is 53.2 Å². The molecule has 0 bridgehead atoms. The largest absolute Gasteiger partial charge is 0.468 e. The van der Waals surface area contributed by atoms with Crippen LogP contribution in [0.3, 0.4) is 0 Å². The Bertz CT molecular complexity index is 1180. The Morgan fingerprint density at radius 3 is 2.86 bits per heavy atom. The molecule has 28 heavy (non-hydrogen) atoms. The van der Waals surface area contributed by atoms with Crippen molar-refractivity contribution in [3.8, 4) is 0 Å². The van der Waals surface area contributed by atoms with Crippen LogP contribution < -0.4 is 0 Å². The van der Waals surface area contributed by atoms with Crippen molar-refractivity contribution >= 4 is 57.5 Å². The summed E-state index contributed by atoms with van der Waals surface area (Å²) in [5.41, 5.74) is 2.31. The van der Waals surface area contributed by atoms with Gasteiger partial charge < -0.3 is 4.74 Å². The summed E-state index contributed by atoms with van der Waals surface area (Å²) in [4.78, 5) is 21.3. The van der Waals surface area contributed by atoms with E-state index >= 15 is 0 Å². The maximum absolute atomic E-state index is 12.3. The lowest BCUT2D eigenvalue weighted by Crippen LogP contribution is -2.21. The normalized spacial score (nSPS) is 12.4. The van der Waals surface area contributed by atoms with E-state index in [1.807, 2.05) is 24.3 Å². The van der Waals surface area contributed by atoms with Crippen LogP contribution >= 0.6 is 35.0 Å². The average Bonchev–Trinajstić information content (AvgIpc) is 3.12. The van der Waals surface area contributed by atoms with Crippen LogP contribution in [0.25, 0.3) is 16.6 Å². The number of nitrogens with zero attached hydrogens (tertiary/aromatic N) is 4. The van der Waals surface area contributed by atoms with E-state index in [0.717, 1.165) is 16.5 Å². The van der Waals surface area contributed by atoms with Crippen LogP contribution in [-0.2, 0) is 16.0 Å². The van der Waals surface area contributed by atoms with Crippen LogP contribution in [0.5, 0.6) is 0 Å². The van der Waals surface area contributed by atoms with Gasteiger partial charge in [0.25, 0.3) is 0 Å². The number of fused-ring (bicyclic) bond motifs is 3. The molecule has 4 aromatic rings. The first-order valence-corrected chi connectivity index (χ1v) is 9.97. The molecule has 1 atom stereocenters. The predicted molar refractivity (Wildman–Crippen MR) is 110 cm³/mol. The molecule has 0 aliphatic rings. The number of rotatable bonds is 5. The molecular weight excluding hydrogens is 419 g/mol. The number of halogens is 2. The maximum Gasteiger partial charge on any atom is 0.319 e. The number of aromatic nitrogens is 4. The van der Waals surface area contributed by atoms with Gasteiger partial charge in [0.2, 0.25) is 5.16 Å². The van der Waals surface area contributed by atoms with E-state index in [9.17, 15) is 4.79 Å². The number of esters is 1. The Morgan fingerprint density at radius 1 is 1.25 bits per heavy atom. The zero-order valence-corrected chi connectivity index (χ0v) is 17.0.